The molecule has 0 saturated carbocycles. The molecule has 1 aliphatic rings. The number of carbonyl (C=O) groups excluding carboxylic acids is 2. The van der Waals surface area contributed by atoms with Crippen molar-refractivity contribution in [1.82, 2.24) is 4.98 Å². The maximum Gasteiger partial charge on any atom is 0.311 e. The Labute approximate surface area is 161 Å². The molecule has 1 saturated heterocycles. The van der Waals surface area contributed by atoms with Crippen LogP contribution in [-0.4, -0.2) is 23.4 Å². The molecule has 1 aliphatic heterocycles. The van der Waals surface area contributed by atoms with E-state index in [1.54, 1.807) is 4.90 Å². The Balaban J connectivity index is 1.38. The Bertz CT molecular complexity index is 948. The number of ether oxygens (including phenoxy) is 1. The summed E-state index contributed by atoms with van der Waals surface area (Å²) in [5.41, 5.74) is 2.96. The number of rotatable bonds is 5. The van der Waals surface area contributed by atoms with Gasteiger partial charge in [0, 0.05) is 18.7 Å². The number of para-hydroxylation sites is 1. The van der Waals surface area contributed by atoms with Crippen LogP contribution in [0.1, 0.15) is 23.9 Å². The van der Waals surface area contributed by atoms with E-state index in [4.69, 9.17) is 4.74 Å². The van der Waals surface area contributed by atoms with Crippen molar-refractivity contribution in [3.63, 3.8) is 0 Å². The van der Waals surface area contributed by atoms with E-state index in [1.165, 1.54) is 16.9 Å². The molecular formula is C21H20N2O3S. The summed E-state index contributed by atoms with van der Waals surface area (Å²) in [6.07, 6.45) is 1.14. The highest BCUT2D eigenvalue weighted by molar-refractivity contribution is 7.18. The second-order valence-corrected chi connectivity index (χ2v) is 7.72. The van der Waals surface area contributed by atoms with Crippen LogP contribution in [0.4, 0.5) is 5.69 Å². The zero-order valence-corrected chi connectivity index (χ0v) is 15.9. The molecule has 1 fully saturated rings. The summed E-state index contributed by atoms with van der Waals surface area (Å²) in [7, 11) is 0. The number of aryl methyl sites for hydroxylation is 1. The molecule has 1 unspecified atom stereocenters. The molecule has 1 atom stereocenters. The number of aromatic nitrogens is 1. The molecule has 0 bridgehead atoms. The number of hydrogen-bond acceptors (Lipinski definition) is 5. The molecule has 0 N–H and O–H groups in total. The van der Waals surface area contributed by atoms with E-state index in [-0.39, 0.29) is 24.9 Å². The van der Waals surface area contributed by atoms with E-state index < -0.39 is 5.92 Å². The van der Waals surface area contributed by atoms with Gasteiger partial charge in [-0.2, -0.15) is 0 Å². The number of hydrogen-bond donors (Lipinski definition) is 0. The number of nitrogens with zero attached hydrogens (tertiary/aromatic N) is 2. The van der Waals surface area contributed by atoms with Gasteiger partial charge in [0.05, 0.1) is 16.1 Å². The van der Waals surface area contributed by atoms with E-state index in [0.29, 0.717) is 6.54 Å². The van der Waals surface area contributed by atoms with E-state index in [2.05, 4.69) is 11.9 Å². The van der Waals surface area contributed by atoms with Crippen LogP contribution in [0.25, 0.3) is 10.2 Å². The molecule has 5 nitrogen and oxygen atoms in total. The van der Waals surface area contributed by atoms with Crippen LogP contribution >= 0.6 is 11.3 Å². The third-order valence-electron chi connectivity index (χ3n) is 4.79. The first kappa shape index (κ1) is 17.7. The standard InChI is InChI=1S/C21H20N2O3S/c1-2-14-7-9-16(10-8-14)23-12-15(11-20(23)24)21(25)26-13-19-22-17-5-3-4-6-18(17)27-19/h3-10,15H,2,11-13H2,1H3. The third kappa shape index (κ3) is 3.71. The van der Waals surface area contributed by atoms with Crippen LogP contribution in [0.3, 0.4) is 0 Å². The highest BCUT2D eigenvalue weighted by Crippen LogP contribution is 2.27. The summed E-state index contributed by atoms with van der Waals surface area (Å²) in [6, 6.07) is 15.7. The van der Waals surface area contributed by atoms with Gasteiger partial charge in [-0.1, -0.05) is 31.2 Å². The van der Waals surface area contributed by atoms with Crippen LogP contribution in [0.15, 0.2) is 48.5 Å². The zero-order chi connectivity index (χ0) is 18.8. The van der Waals surface area contributed by atoms with E-state index >= 15 is 0 Å². The average molecular weight is 380 g/mol. The van der Waals surface area contributed by atoms with Crippen molar-refractivity contribution < 1.29 is 14.3 Å². The zero-order valence-electron chi connectivity index (χ0n) is 15.1. The molecule has 0 aliphatic carbocycles. The van der Waals surface area contributed by atoms with Gasteiger partial charge in [-0.15, -0.1) is 11.3 Å². The average Bonchev–Trinajstić information content (AvgIpc) is 3.29. The van der Waals surface area contributed by atoms with Gasteiger partial charge in [0.2, 0.25) is 5.91 Å². The van der Waals surface area contributed by atoms with Crippen LogP contribution in [0, 0.1) is 5.92 Å². The molecule has 6 heteroatoms. The lowest BCUT2D eigenvalue weighted by atomic mass is 10.1. The Morgan fingerprint density at radius 3 is 2.74 bits per heavy atom. The largest absolute Gasteiger partial charge is 0.458 e. The maximum atomic E-state index is 12.4. The number of benzene rings is 2. The van der Waals surface area contributed by atoms with Gasteiger partial charge >= 0.3 is 5.97 Å². The number of anilines is 1. The maximum absolute atomic E-state index is 12.4. The van der Waals surface area contributed by atoms with Crippen molar-refractivity contribution in [2.45, 2.75) is 26.4 Å². The Morgan fingerprint density at radius 2 is 2.00 bits per heavy atom. The van der Waals surface area contributed by atoms with Crippen molar-refractivity contribution in [3.8, 4) is 0 Å². The molecule has 2 heterocycles. The number of esters is 1. The quantitative estimate of drug-likeness (QED) is 0.629. The van der Waals surface area contributed by atoms with Crippen LogP contribution < -0.4 is 4.90 Å². The lowest BCUT2D eigenvalue weighted by Crippen LogP contribution is -2.26. The summed E-state index contributed by atoms with van der Waals surface area (Å²) >= 11 is 1.52. The predicted molar refractivity (Wildman–Crippen MR) is 106 cm³/mol. The SMILES string of the molecule is CCc1ccc(N2CC(C(=O)OCc3nc4ccccc4s3)CC2=O)cc1. The van der Waals surface area contributed by atoms with Gasteiger partial charge in [-0.25, -0.2) is 4.98 Å². The van der Waals surface area contributed by atoms with E-state index in [1.807, 2.05) is 48.5 Å². The van der Waals surface area contributed by atoms with E-state index in [9.17, 15) is 9.59 Å². The molecular weight excluding hydrogens is 360 g/mol. The first-order chi connectivity index (χ1) is 13.1. The number of carbonyl (C=O) groups is 2. The summed E-state index contributed by atoms with van der Waals surface area (Å²) in [4.78, 5) is 30.9. The molecule has 27 heavy (non-hydrogen) atoms. The van der Waals surface area contributed by atoms with Gasteiger partial charge in [-0.05, 0) is 36.2 Å². The fourth-order valence-electron chi connectivity index (χ4n) is 3.26. The monoisotopic (exact) mass is 380 g/mol. The Hall–Kier alpha value is -2.73. The lowest BCUT2D eigenvalue weighted by molar-refractivity contribution is -0.149. The minimum Gasteiger partial charge on any atom is -0.458 e. The van der Waals surface area contributed by atoms with Crippen molar-refractivity contribution in [2.24, 2.45) is 5.92 Å². The van der Waals surface area contributed by atoms with Crippen molar-refractivity contribution in [3.05, 3.63) is 59.1 Å². The van der Waals surface area contributed by atoms with E-state index in [0.717, 1.165) is 27.3 Å². The molecule has 138 valence electrons. The topological polar surface area (TPSA) is 59.5 Å². The van der Waals surface area contributed by atoms with Gasteiger partial charge < -0.3 is 9.64 Å². The van der Waals surface area contributed by atoms with Crippen molar-refractivity contribution in [2.75, 3.05) is 11.4 Å². The molecule has 3 aromatic rings. The number of fused-ring (bicyclic) bond motifs is 1. The highest BCUT2D eigenvalue weighted by Gasteiger charge is 2.36. The second kappa shape index (κ2) is 7.48. The molecule has 0 spiro atoms. The first-order valence-corrected chi connectivity index (χ1v) is 9.86. The highest BCUT2D eigenvalue weighted by atomic mass is 32.1. The van der Waals surface area contributed by atoms with Crippen LogP contribution in [0.5, 0.6) is 0 Å². The minimum absolute atomic E-state index is 0.0406. The van der Waals surface area contributed by atoms with Gasteiger partial charge in [0.15, 0.2) is 0 Å². The first-order valence-electron chi connectivity index (χ1n) is 9.04. The molecule has 1 amide bonds. The third-order valence-corrected chi connectivity index (χ3v) is 5.80. The van der Waals surface area contributed by atoms with Crippen LogP contribution in [0.2, 0.25) is 0 Å². The Kier molecular flexibility index (Phi) is 4.90. The van der Waals surface area contributed by atoms with Crippen LogP contribution in [-0.2, 0) is 27.4 Å². The number of thiazole rings is 1. The second-order valence-electron chi connectivity index (χ2n) is 6.61. The number of amides is 1. The summed E-state index contributed by atoms with van der Waals surface area (Å²) in [6.45, 7) is 2.60. The lowest BCUT2D eigenvalue weighted by Gasteiger charge is -2.16. The Morgan fingerprint density at radius 1 is 1.22 bits per heavy atom. The van der Waals surface area contributed by atoms with Crippen molar-refractivity contribution in [1.29, 1.82) is 0 Å². The minimum atomic E-state index is -0.433. The van der Waals surface area contributed by atoms with Gasteiger partial charge in [0.1, 0.15) is 11.6 Å². The smallest absolute Gasteiger partial charge is 0.311 e. The molecule has 0 radical (unpaired) electrons. The van der Waals surface area contributed by atoms with Gasteiger partial charge in [0.25, 0.3) is 0 Å². The molecule has 1 aromatic heterocycles. The fourth-order valence-corrected chi connectivity index (χ4v) is 4.14. The summed E-state index contributed by atoms with van der Waals surface area (Å²) in [5, 5.41) is 0.765. The fraction of sp³-hybridized carbons (Fsp3) is 0.286. The van der Waals surface area contributed by atoms with Crippen molar-refractivity contribution >= 4 is 39.1 Å². The predicted octanol–water partition coefficient (Wildman–Crippen LogP) is 3.96. The molecule has 4 rings (SSSR count). The normalized spacial score (nSPS) is 16.9. The summed E-state index contributed by atoms with van der Waals surface area (Å²) < 4.78 is 6.51. The summed E-state index contributed by atoms with van der Waals surface area (Å²) in [5.74, 6) is -0.811. The van der Waals surface area contributed by atoms with Gasteiger partial charge in [-0.3, -0.25) is 9.59 Å². The molecule has 2 aromatic carbocycles.